The Hall–Kier alpha value is -4.37. The van der Waals surface area contributed by atoms with Gasteiger partial charge in [-0.2, -0.15) is 0 Å². The molecular weight excluding hydrogens is 414 g/mol. The van der Waals surface area contributed by atoms with Crippen LogP contribution in [-0.4, -0.2) is 14.0 Å². The Bertz CT molecular complexity index is 1590. The van der Waals surface area contributed by atoms with Gasteiger partial charge in [-0.3, -0.25) is 8.97 Å². The minimum absolute atomic E-state index is 0.903. The zero-order valence-corrected chi connectivity index (χ0v) is 19.3. The van der Waals surface area contributed by atoms with Gasteiger partial charge in [-0.15, -0.1) is 0 Å². The summed E-state index contributed by atoms with van der Waals surface area (Å²) in [6.07, 6.45) is 2.22. The molecule has 2 heterocycles. The maximum atomic E-state index is 5.26. The smallest absolute Gasteiger partial charge is 0.220 e. The van der Waals surface area contributed by atoms with E-state index >= 15 is 0 Å². The van der Waals surface area contributed by atoms with Crippen molar-refractivity contribution in [3.8, 4) is 39.5 Å². The van der Waals surface area contributed by atoms with E-state index in [2.05, 4.69) is 132 Å². The van der Waals surface area contributed by atoms with Crippen molar-refractivity contribution in [3.05, 3.63) is 127 Å². The van der Waals surface area contributed by atoms with Crippen molar-refractivity contribution in [3.63, 3.8) is 0 Å². The van der Waals surface area contributed by atoms with Gasteiger partial charge in [0.1, 0.15) is 0 Å². The summed E-state index contributed by atoms with van der Waals surface area (Å²) in [7, 11) is 0. The van der Waals surface area contributed by atoms with Gasteiger partial charge in [0.25, 0.3) is 0 Å². The van der Waals surface area contributed by atoms with E-state index in [9.17, 15) is 0 Å². The molecular formula is C31H25N3. The van der Waals surface area contributed by atoms with Crippen molar-refractivity contribution < 1.29 is 0 Å². The first kappa shape index (κ1) is 20.3. The lowest BCUT2D eigenvalue weighted by Gasteiger charge is -2.11. The molecule has 3 heteroatoms. The lowest BCUT2D eigenvalue weighted by molar-refractivity contribution is 1.07. The van der Waals surface area contributed by atoms with Crippen LogP contribution in [0.1, 0.15) is 11.1 Å². The molecule has 4 aromatic carbocycles. The lowest BCUT2D eigenvalue weighted by Crippen LogP contribution is -1.99. The number of aryl methyl sites for hydroxylation is 2. The van der Waals surface area contributed by atoms with Crippen molar-refractivity contribution in [1.82, 2.24) is 14.0 Å². The molecule has 0 aliphatic heterocycles. The highest BCUT2D eigenvalue weighted by atomic mass is 15.2. The van der Waals surface area contributed by atoms with Gasteiger partial charge < -0.3 is 0 Å². The topological polar surface area (TPSA) is 22.2 Å². The van der Waals surface area contributed by atoms with Gasteiger partial charge in [-0.25, -0.2) is 4.98 Å². The fraction of sp³-hybridized carbons (Fsp3) is 0.0645. The molecule has 34 heavy (non-hydrogen) atoms. The second kappa shape index (κ2) is 8.20. The molecule has 3 nitrogen and oxygen atoms in total. The summed E-state index contributed by atoms with van der Waals surface area (Å²) >= 11 is 0. The molecule has 2 aromatic heterocycles. The van der Waals surface area contributed by atoms with Gasteiger partial charge in [0.15, 0.2) is 0 Å². The largest absolute Gasteiger partial charge is 0.282 e. The number of fused-ring (bicyclic) bond motifs is 1. The summed E-state index contributed by atoms with van der Waals surface area (Å²) in [6.45, 7) is 4.32. The first-order valence-corrected chi connectivity index (χ1v) is 11.6. The first-order valence-electron chi connectivity index (χ1n) is 11.6. The van der Waals surface area contributed by atoms with Crippen LogP contribution in [-0.2, 0) is 0 Å². The predicted molar refractivity (Wildman–Crippen MR) is 140 cm³/mol. The van der Waals surface area contributed by atoms with Crippen LogP contribution in [0.5, 0.6) is 0 Å². The van der Waals surface area contributed by atoms with Crippen molar-refractivity contribution >= 4 is 5.78 Å². The van der Waals surface area contributed by atoms with Crippen molar-refractivity contribution in [1.29, 1.82) is 0 Å². The maximum Gasteiger partial charge on any atom is 0.220 e. The van der Waals surface area contributed by atoms with Crippen LogP contribution >= 0.6 is 0 Å². The standard InChI is InChI=1S/C31H25N3/c1-22-18-19-27(20-23(22)2)34-28(24-12-6-3-7-13-24)21-33-30(26-16-10-5-11-17-26)29(32-31(33)34)25-14-8-4-9-15-25/h3-21H,1-2H3. The van der Waals surface area contributed by atoms with E-state index in [0.29, 0.717) is 0 Å². The summed E-state index contributed by atoms with van der Waals surface area (Å²) in [6, 6.07) is 38.2. The Labute approximate surface area is 199 Å². The number of nitrogens with zero attached hydrogens (tertiary/aromatic N) is 3. The summed E-state index contributed by atoms with van der Waals surface area (Å²) in [5, 5.41) is 0. The van der Waals surface area contributed by atoms with E-state index in [-0.39, 0.29) is 0 Å². The zero-order valence-electron chi connectivity index (χ0n) is 19.3. The fourth-order valence-corrected chi connectivity index (χ4v) is 4.59. The van der Waals surface area contributed by atoms with Gasteiger partial charge in [-0.1, -0.05) is 97.1 Å². The number of aromatic nitrogens is 3. The van der Waals surface area contributed by atoms with E-state index in [4.69, 9.17) is 4.98 Å². The Morgan fingerprint density at radius 2 is 1.18 bits per heavy atom. The second-order valence-corrected chi connectivity index (χ2v) is 8.70. The van der Waals surface area contributed by atoms with E-state index in [1.807, 2.05) is 6.07 Å². The van der Waals surface area contributed by atoms with Gasteiger partial charge in [0.2, 0.25) is 5.78 Å². The van der Waals surface area contributed by atoms with E-state index < -0.39 is 0 Å². The first-order chi connectivity index (χ1) is 16.7. The number of benzene rings is 4. The minimum Gasteiger partial charge on any atom is -0.282 e. The Balaban J connectivity index is 1.73. The highest BCUT2D eigenvalue weighted by Crippen LogP contribution is 2.37. The molecule has 164 valence electrons. The number of hydrogen-bond acceptors (Lipinski definition) is 1. The van der Waals surface area contributed by atoms with E-state index in [1.54, 1.807) is 0 Å². The van der Waals surface area contributed by atoms with Gasteiger partial charge >= 0.3 is 0 Å². The third kappa shape index (κ3) is 3.34. The molecule has 0 unspecified atom stereocenters. The van der Waals surface area contributed by atoms with Crippen LogP contribution in [0.25, 0.3) is 45.2 Å². The number of imidazole rings is 2. The third-order valence-corrected chi connectivity index (χ3v) is 6.50. The molecule has 0 aliphatic carbocycles. The highest BCUT2D eigenvalue weighted by Gasteiger charge is 2.22. The maximum absolute atomic E-state index is 5.26. The third-order valence-electron chi connectivity index (χ3n) is 6.50. The molecule has 0 saturated carbocycles. The molecule has 6 rings (SSSR count). The van der Waals surface area contributed by atoms with E-state index in [1.165, 1.54) is 11.1 Å². The number of rotatable bonds is 4. The SMILES string of the molecule is Cc1ccc(-n2c(-c3ccccc3)cn3c(-c4ccccc4)c(-c4ccccc4)nc23)cc1C. The van der Waals surface area contributed by atoms with Gasteiger partial charge in [-0.05, 0) is 37.1 Å². The fourth-order valence-electron chi connectivity index (χ4n) is 4.59. The summed E-state index contributed by atoms with van der Waals surface area (Å²) < 4.78 is 4.52. The molecule has 6 aromatic rings. The average Bonchev–Trinajstić information content (AvgIpc) is 3.44. The molecule has 0 amide bonds. The Morgan fingerprint density at radius 1 is 0.588 bits per heavy atom. The second-order valence-electron chi connectivity index (χ2n) is 8.70. The van der Waals surface area contributed by atoms with Gasteiger partial charge in [0.05, 0.1) is 17.1 Å². The van der Waals surface area contributed by atoms with Gasteiger partial charge in [0, 0.05) is 28.6 Å². The monoisotopic (exact) mass is 439 g/mol. The molecule has 0 spiro atoms. The minimum atomic E-state index is 0.903. The molecule has 0 saturated heterocycles. The Morgan fingerprint density at radius 3 is 1.79 bits per heavy atom. The number of hydrogen-bond donors (Lipinski definition) is 0. The average molecular weight is 440 g/mol. The summed E-state index contributed by atoms with van der Waals surface area (Å²) in [5.41, 5.74) is 10.3. The van der Waals surface area contributed by atoms with Crippen molar-refractivity contribution in [2.45, 2.75) is 13.8 Å². The molecule has 0 N–H and O–H groups in total. The van der Waals surface area contributed by atoms with Crippen LogP contribution in [0.4, 0.5) is 0 Å². The van der Waals surface area contributed by atoms with E-state index in [0.717, 1.165) is 45.2 Å². The van der Waals surface area contributed by atoms with Crippen LogP contribution < -0.4 is 0 Å². The predicted octanol–water partition coefficient (Wildman–Crippen LogP) is 7.74. The summed E-state index contributed by atoms with van der Waals surface area (Å²) in [5.74, 6) is 0.903. The normalized spacial score (nSPS) is 11.2. The molecule has 0 fully saturated rings. The van der Waals surface area contributed by atoms with Crippen LogP contribution in [0.2, 0.25) is 0 Å². The van der Waals surface area contributed by atoms with Crippen LogP contribution in [0.3, 0.4) is 0 Å². The molecule has 0 aliphatic rings. The quantitative estimate of drug-likeness (QED) is 0.275. The van der Waals surface area contributed by atoms with Crippen LogP contribution in [0.15, 0.2) is 115 Å². The van der Waals surface area contributed by atoms with Crippen molar-refractivity contribution in [2.75, 3.05) is 0 Å². The van der Waals surface area contributed by atoms with Crippen molar-refractivity contribution in [2.24, 2.45) is 0 Å². The summed E-state index contributed by atoms with van der Waals surface area (Å²) in [4.78, 5) is 5.26. The van der Waals surface area contributed by atoms with Crippen LogP contribution in [0, 0.1) is 13.8 Å². The Kier molecular flexibility index (Phi) is 4.88. The molecule has 0 radical (unpaired) electrons. The molecule has 0 bridgehead atoms. The molecule has 0 atom stereocenters. The lowest BCUT2D eigenvalue weighted by atomic mass is 10.0. The zero-order chi connectivity index (χ0) is 23.1. The highest BCUT2D eigenvalue weighted by molar-refractivity contribution is 5.83.